The highest BCUT2D eigenvalue weighted by atomic mass is 16.5. The molecule has 0 saturated carbocycles. The van der Waals surface area contributed by atoms with E-state index in [2.05, 4.69) is 55.6 Å². The second-order valence-electron chi connectivity index (χ2n) is 11.8. The van der Waals surface area contributed by atoms with Crippen molar-refractivity contribution >= 4 is 22.5 Å². The van der Waals surface area contributed by atoms with Gasteiger partial charge in [0.15, 0.2) is 0 Å². The molecule has 0 bridgehead atoms. The van der Waals surface area contributed by atoms with Crippen LogP contribution < -0.4 is 15.0 Å². The van der Waals surface area contributed by atoms with Crippen LogP contribution in [0.2, 0.25) is 0 Å². The van der Waals surface area contributed by atoms with Gasteiger partial charge in [-0.15, -0.1) is 0 Å². The maximum atomic E-state index is 13.6. The van der Waals surface area contributed by atoms with Gasteiger partial charge in [-0.3, -0.25) is 4.90 Å². The van der Waals surface area contributed by atoms with Gasteiger partial charge in [0.25, 0.3) is 0 Å². The van der Waals surface area contributed by atoms with Crippen molar-refractivity contribution in [2.45, 2.75) is 38.5 Å². The van der Waals surface area contributed by atoms with E-state index in [9.17, 15) is 15.2 Å². The van der Waals surface area contributed by atoms with Crippen molar-refractivity contribution in [3.05, 3.63) is 108 Å². The number of morpholine rings is 1. The zero-order chi connectivity index (χ0) is 30.9. The first-order valence-electron chi connectivity index (χ1n) is 15.1. The molecular formula is C36H40N4O4. The Kier molecular flexibility index (Phi) is 10.1. The molecule has 1 saturated heterocycles. The Morgan fingerprint density at radius 3 is 2.48 bits per heavy atom. The summed E-state index contributed by atoms with van der Waals surface area (Å²) in [6, 6.07) is 31.8. The lowest BCUT2D eigenvalue weighted by molar-refractivity contribution is 0.0548. The molecule has 1 aliphatic heterocycles. The van der Waals surface area contributed by atoms with E-state index in [-0.39, 0.29) is 18.2 Å². The van der Waals surface area contributed by atoms with E-state index in [1.54, 1.807) is 28.0 Å². The van der Waals surface area contributed by atoms with Gasteiger partial charge in [0.05, 0.1) is 25.3 Å². The highest BCUT2D eigenvalue weighted by Gasteiger charge is 2.25. The fourth-order valence-electron chi connectivity index (χ4n) is 5.42. The summed E-state index contributed by atoms with van der Waals surface area (Å²) in [5.74, 6) is 0.365. The number of ether oxygens (including phenoxy) is 2. The van der Waals surface area contributed by atoms with Gasteiger partial charge in [0, 0.05) is 30.9 Å². The first-order chi connectivity index (χ1) is 21.3. The molecule has 228 valence electrons. The van der Waals surface area contributed by atoms with Crippen LogP contribution in [0.1, 0.15) is 30.5 Å². The molecule has 1 atom stereocenters. The summed E-state index contributed by atoms with van der Waals surface area (Å²) in [6.07, 6.45) is 0.0169. The van der Waals surface area contributed by atoms with Crippen LogP contribution in [0.25, 0.3) is 10.8 Å². The molecule has 1 heterocycles. The number of rotatable bonds is 11. The second kappa shape index (κ2) is 14.4. The van der Waals surface area contributed by atoms with Gasteiger partial charge in [-0.25, -0.2) is 4.79 Å². The molecule has 8 nitrogen and oxygen atoms in total. The van der Waals surface area contributed by atoms with Crippen molar-refractivity contribution < 1.29 is 19.4 Å². The molecule has 0 aliphatic carbocycles. The number of aliphatic hydroxyl groups is 1. The zero-order valence-electron chi connectivity index (χ0n) is 25.4. The van der Waals surface area contributed by atoms with Crippen molar-refractivity contribution in [2.75, 3.05) is 44.4 Å². The number of carbonyl (C=O) groups excluding carboxylic acids is 1. The minimum Gasteiger partial charge on any atom is -0.489 e. The van der Waals surface area contributed by atoms with Gasteiger partial charge in [-0.1, -0.05) is 72.8 Å². The number of amides is 2. The number of nitrogens with one attached hydrogen (secondary N) is 1. The smallest absolute Gasteiger partial charge is 0.324 e. The number of fused-ring (bicyclic) bond motifs is 1. The third-order valence-corrected chi connectivity index (χ3v) is 7.80. The van der Waals surface area contributed by atoms with Crippen LogP contribution in [0.4, 0.5) is 10.5 Å². The van der Waals surface area contributed by atoms with Crippen LogP contribution in [0.15, 0.2) is 91.0 Å². The van der Waals surface area contributed by atoms with Crippen molar-refractivity contribution in [2.24, 2.45) is 0 Å². The first-order valence-corrected chi connectivity index (χ1v) is 15.1. The van der Waals surface area contributed by atoms with Crippen LogP contribution in [0.3, 0.4) is 0 Å². The predicted molar refractivity (Wildman–Crippen MR) is 173 cm³/mol. The first kappa shape index (κ1) is 31.0. The minimum atomic E-state index is -0.783. The Morgan fingerprint density at radius 1 is 1.00 bits per heavy atom. The number of aliphatic hydroxyl groups excluding tert-OH is 1. The van der Waals surface area contributed by atoms with Gasteiger partial charge >= 0.3 is 6.03 Å². The lowest BCUT2D eigenvalue weighted by atomic mass is 9.93. The Morgan fingerprint density at radius 2 is 1.73 bits per heavy atom. The molecule has 0 aromatic heterocycles. The summed E-state index contributed by atoms with van der Waals surface area (Å²) in [5.41, 5.74) is 2.85. The molecule has 0 spiro atoms. The number of nitriles is 1. The second-order valence-corrected chi connectivity index (χ2v) is 11.8. The molecule has 0 radical (unpaired) electrons. The number of urea groups is 1. The van der Waals surface area contributed by atoms with Gasteiger partial charge in [0.1, 0.15) is 24.5 Å². The van der Waals surface area contributed by atoms with E-state index in [1.807, 2.05) is 42.5 Å². The summed E-state index contributed by atoms with van der Waals surface area (Å²) in [5, 5.41) is 26.6. The fraction of sp³-hybridized carbons (Fsp3) is 0.333. The minimum absolute atomic E-state index is 0.0213. The van der Waals surface area contributed by atoms with Gasteiger partial charge in [-0.2, -0.15) is 5.26 Å². The summed E-state index contributed by atoms with van der Waals surface area (Å²) >= 11 is 0. The maximum absolute atomic E-state index is 13.6. The third-order valence-electron chi connectivity index (χ3n) is 7.80. The summed E-state index contributed by atoms with van der Waals surface area (Å²) in [6.45, 7) is 6.97. The zero-order valence-corrected chi connectivity index (χ0v) is 25.4. The van der Waals surface area contributed by atoms with E-state index in [1.165, 1.54) is 16.3 Å². The predicted octanol–water partition coefficient (Wildman–Crippen LogP) is 5.52. The lowest BCUT2D eigenvalue weighted by Gasteiger charge is -2.33. The molecule has 1 aliphatic rings. The molecule has 0 unspecified atom stereocenters. The standard InChI is InChI=1S/C36H40N4O4/c1-36(2,22-28-12-13-29-10-6-7-11-30(29)20-28)38-24-33(41)26-44-34-15-14-32(21-31(34)23-37)40(25-27-8-4-3-5-9-27)35(42)39-16-18-43-19-17-39/h3-15,20-21,33,38,41H,16-19,22,24-26H2,1-2H3/t33-/m1/s1. The number of anilines is 1. The molecule has 2 N–H and O–H groups in total. The highest BCUT2D eigenvalue weighted by Crippen LogP contribution is 2.27. The number of β-amino-alcohol motifs (C(OH)–C–C–N with tert-alkyl or cyclic N) is 1. The van der Waals surface area contributed by atoms with Gasteiger partial charge in [0.2, 0.25) is 0 Å². The molecule has 5 rings (SSSR count). The van der Waals surface area contributed by atoms with Crippen LogP contribution in [0, 0.1) is 11.3 Å². The summed E-state index contributed by atoms with van der Waals surface area (Å²) in [7, 11) is 0. The number of hydrogen-bond donors (Lipinski definition) is 2. The van der Waals surface area contributed by atoms with Gasteiger partial charge in [-0.05, 0) is 60.4 Å². The summed E-state index contributed by atoms with van der Waals surface area (Å²) < 4.78 is 11.3. The van der Waals surface area contributed by atoms with Crippen molar-refractivity contribution in [3.8, 4) is 11.8 Å². The molecule has 44 heavy (non-hydrogen) atoms. The molecular weight excluding hydrogens is 552 g/mol. The average molecular weight is 593 g/mol. The topological polar surface area (TPSA) is 98.1 Å². The van der Waals surface area contributed by atoms with E-state index in [0.717, 1.165) is 12.0 Å². The number of benzene rings is 4. The molecule has 4 aromatic rings. The van der Waals surface area contributed by atoms with E-state index >= 15 is 0 Å². The Hall–Kier alpha value is -4.42. The molecule has 2 amide bonds. The highest BCUT2D eigenvalue weighted by molar-refractivity contribution is 5.92. The average Bonchev–Trinajstić information content (AvgIpc) is 3.05. The third kappa shape index (κ3) is 8.14. The number of carbonyl (C=O) groups is 1. The van der Waals surface area contributed by atoms with Crippen molar-refractivity contribution in [1.29, 1.82) is 5.26 Å². The van der Waals surface area contributed by atoms with E-state index < -0.39 is 6.10 Å². The van der Waals surface area contributed by atoms with Crippen molar-refractivity contribution in [3.63, 3.8) is 0 Å². The maximum Gasteiger partial charge on any atom is 0.324 e. The number of nitrogens with zero attached hydrogens (tertiary/aromatic N) is 3. The van der Waals surface area contributed by atoms with Crippen LogP contribution in [0.5, 0.6) is 5.75 Å². The fourth-order valence-corrected chi connectivity index (χ4v) is 5.42. The van der Waals surface area contributed by atoms with Crippen molar-refractivity contribution in [1.82, 2.24) is 10.2 Å². The van der Waals surface area contributed by atoms with E-state index in [4.69, 9.17) is 9.47 Å². The molecule has 8 heteroatoms. The Bertz CT molecular complexity index is 1600. The molecule has 1 fully saturated rings. The van der Waals surface area contributed by atoms with Crippen LogP contribution >= 0.6 is 0 Å². The SMILES string of the molecule is CC(C)(Cc1ccc2ccccc2c1)NC[C@@H](O)COc1ccc(N(Cc2ccccc2)C(=O)N2CCOCC2)cc1C#N. The normalized spacial score (nSPS) is 14.2. The van der Waals surface area contributed by atoms with Crippen LogP contribution in [-0.2, 0) is 17.7 Å². The quantitative estimate of drug-likeness (QED) is 0.238. The number of hydrogen-bond acceptors (Lipinski definition) is 6. The van der Waals surface area contributed by atoms with E-state index in [0.29, 0.717) is 56.4 Å². The molecule has 4 aromatic carbocycles. The van der Waals surface area contributed by atoms with Gasteiger partial charge < -0.3 is 24.8 Å². The summed E-state index contributed by atoms with van der Waals surface area (Å²) in [4.78, 5) is 17.0. The largest absolute Gasteiger partial charge is 0.489 e. The monoisotopic (exact) mass is 592 g/mol. The Balaban J connectivity index is 1.21. The van der Waals surface area contributed by atoms with Crippen LogP contribution in [-0.4, -0.2) is 67.1 Å². The Labute approximate surface area is 259 Å². The lowest BCUT2D eigenvalue weighted by Crippen LogP contribution is -2.48.